The molecule has 0 saturated carbocycles. The molecule has 0 radical (unpaired) electrons. The molecule has 15 heavy (non-hydrogen) atoms. The topological polar surface area (TPSA) is 48.4 Å². The van der Waals surface area contributed by atoms with Crippen LogP contribution in [-0.4, -0.2) is 30.8 Å². The first-order valence-electron chi connectivity index (χ1n) is 4.60. The lowest BCUT2D eigenvalue weighted by atomic mass is 10.3. The number of pyridine rings is 1. The van der Waals surface area contributed by atoms with E-state index < -0.39 is 5.97 Å². The highest BCUT2D eigenvalue weighted by Crippen LogP contribution is 2.14. The number of hydrogen-bond acceptors (Lipinski definition) is 4. The normalized spacial score (nSPS) is 10.0. The van der Waals surface area contributed by atoms with Crippen LogP contribution in [0.3, 0.4) is 0 Å². The predicted octanol–water partition coefficient (Wildman–Crippen LogP) is 1.93. The zero-order chi connectivity index (χ0) is 11.1. The van der Waals surface area contributed by atoms with Crippen molar-refractivity contribution >= 4 is 17.6 Å². The van der Waals surface area contributed by atoms with Crippen molar-refractivity contribution in [2.75, 3.05) is 19.8 Å². The van der Waals surface area contributed by atoms with E-state index in [0.29, 0.717) is 18.2 Å². The van der Waals surface area contributed by atoms with Crippen LogP contribution in [0.4, 0.5) is 0 Å². The number of carbonyl (C=O) groups excluding carboxylic acids is 1. The zero-order valence-corrected chi connectivity index (χ0v) is 9.16. The van der Waals surface area contributed by atoms with Crippen molar-refractivity contribution in [1.29, 1.82) is 0 Å². The van der Waals surface area contributed by atoms with Crippen LogP contribution in [0.2, 0.25) is 5.02 Å². The van der Waals surface area contributed by atoms with E-state index in [1.165, 1.54) is 12.4 Å². The van der Waals surface area contributed by atoms with Gasteiger partial charge in [-0.05, 0) is 13.0 Å². The van der Waals surface area contributed by atoms with Gasteiger partial charge in [-0.25, -0.2) is 4.79 Å². The smallest absolute Gasteiger partial charge is 0.341 e. The maximum absolute atomic E-state index is 11.4. The molecule has 0 unspecified atom stereocenters. The summed E-state index contributed by atoms with van der Waals surface area (Å²) in [5.41, 5.74) is 0.274. The minimum absolute atomic E-state index is 0.220. The average Bonchev–Trinajstić information content (AvgIpc) is 2.25. The number of nitrogens with zero attached hydrogens (tertiary/aromatic N) is 1. The standard InChI is InChI=1S/C10H12ClNO3/c1-2-14-5-6-15-10(13)8-7-12-4-3-9(8)11/h3-4,7H,2,5-6H2,1H3. The lowest BCUT2D eigenvalue weighted by Crippen LogP contribution is -2.11. The van der Waals surface area contributed by atoms with Gasteiger partial charge in [-0.15, -0.1) is 0 Å². The molecule has 0 aliphatic carbocycles. The van der Waals surface area contributed by atoms with E-state index in [2.05, 4.69) is 4.98 Å². The SMILES string of the molecule is CCOCCOC(=O)c1cnccc1Cl. The second kappa shape index (κ2) is 6.37. The van der Waals surface area contributed by atoms with Gasteiger partial charge in [-0.3, -0.25) is 4.98 Å². The Balaban J connectivity index is 2.44. The highest BCUT2D eigenvalue weighted by atomic mass is 35.5. The van der Waals surface area contributed by atoms with Crippen LogP contribution < -0.4 is 0 Å². The molecule has 0 amide bonds. The molecule has 82 valence electrons. The van der Waals surface area contributed by atoms with E-state index >= 15 is 0 Å². The Morgan fingerprint density at radius 3 is 3.00 bits per heavy atom. The number of ether oxygens (including phenoxy) is 2. The Morgan fingerprint density at radius 1 is 1.53 bits per heavy atom. The highest BCUT2D eigenvalue weighted by molar-refractivity contribution is 6.33. The number of rotatable bonds is 5. The fraction of sp³-hybridized carbons (Fsp3) is 0.400. The van der Waals surface area contributed by atoms with Crippen LogP contribution in [0, 0.1) is 0 Å². The molecular formula is C10H12ClNO3. The van der Waals surface area contributed by atoms with Crippen molar-refractivity contribution < 1.29 is 14.3 Å². The summed E-state index contributed by atoms with van der Waals surface area (Å²) < 4.78 is 9.95. The molecule has 0 N–H and O–H groups in total. The van der Waals surface area contributed by atoms with Gasteiger partial charge in [0.2, 0.25) is 0 Å². The van der Waals surface area contributed by atoms with Crippen LogP contribution in [0.15, 0.2) is 18.5 Å². The Hall–Kier alpha value is -1.13. The van der Waals surface area contributed by atoms with Gasteiger partial charge in [0.25, 0.3) is 0 Å². The summed E-state index contributed by atoms with van der Waals surface area (Å²) in [6, 6.07) is 1.54. The molecule has 1 rings (SSSR count). The van der Waals surface area contributed by atoms with Gasteiger partial charge < -0.3 is 9.47 Å². The molecule has 0 aromatic carbocycles. The summed E-state index contributed by atoms with van der Waals surface area (Å²) in [6.07, 6.45) is 2.89. The number of aromatic nitrogens is 1. The molecule has 1 aromatic heterocycles. The van der Waals surface area contributed by atoms with Gasteiger partial charge in [0, 0.05) is 19.0 Å². The molecule has 0 aliphatic heterocycles. The molecule has 1 heterocycles. The summed E-state index contributed by atoms with van der Waals surface area (Å²) >= 11 is 5.79. The van der Waals surface area contributed by atoms with Gasteiger partial charge in [-0.1, -0.05) is 11.6 Å². The molecule has 0 saturated heterocycles. The van der Waals surface area contributed by atoms with Gasteiger partial charge in [0.05, 0.1) is 17.2 Å². The molecule has 0 spiro atoms. The quantitative estimate of drug-likeness (QED) is 0.572. The molecule has 0 aliphatic rings. The van der Waals surface area contributed by atoms with Crippen molar-refractivity contribution in [2.45, 2.75) is 6.92 Å². The van der Waals surface area contributed by atoms with E-state index in [0.717, 1.165) is 0 Å². The van der Waals surface area contributed by atoms with Crippen LogP contribution >= 0.6 is 11.6 Å². The molecule has 5 heteroatoms. The molecule has 1 aromatic rings. The van der Waals surface area contributed by atoms with Crippen molar-refractivity contribution in [2.24, 2.45) is 0 Å². The summed E-state index contributed by atoms with van der Waals surface area (Å²) in [7, 11) is 0. The maximum Gasteiger partial charge on any atom is 0.341 e. The lowest BCUT2D eigenvalue weighted by Gasteiger charge is -2.05. The van der Waals surface area contributed by atoms with Crippen LogP contribution in [-0.2, 0) is 9.47 Å². The Labute approximate surface area is 93.2 Å². The third kappa shape index (κ3) is 3.85. The minimum atomic E-state index is -0.479. The molecule has 4 nitrogen and oxygen atoms in total. The maximum atomic E-state index is 11.4. The van der Waals surface area contributed by atoms with Crippen molar-refractivity contribution in [3.05, 3.63) is 29.0 Å². The van der Waals surface area contributed by atoms with E-state index in [1.807, 2.05) is 6.92 Å². The molecule has 0 fully saturated rings. The Morgan fingerprint density at radius 2 is 2.33 bits per heavy atom. The number of halogens is 1. The first-order valence-corrected chi connectivity index (χ1v) is 4.98. The summed E-state index contributed by atoms with van der Waals surface area (Å²) in [6.45, 7) is 3.09. The predicted molar refractivity (Wildman–Crippen MR) is 56.0 cm³/mol. The van der Waals surface area contributed by atoms with E-state index in [4.69, 9.17) is 21.1 Å². The largest absolute Gasteiger partial charge is 0.460 e. The Bertz CT molecular complexity index is 330. The van der Waals surface area contributed by atoms with Crippen molar-refractivity contribution in [3.63, 3.8) is 0 Å². The minimum Gasteiger partial charge on any atom is -0.460 e. The van der Waals surface area contributed by atoms with Gasteiger partial charge in [0.15, 0.2) is 0 Å². The first-order chi connectivity index (χ1) is 7.25. The highest BCUT2D eigenvalue weighted by Gasteiger charge is 2.10. The summed E-state index contributed by atoms with van der Waals surface area (Å²) in [4.78, 5) is 15.2. The Kier molecular flexibility index (Phi) is 5.07. The van der Waals surface area contributed by atoms with E-state index in [1.54, 1.807) is 6.07 Å². The summed E-state index contributed by atoms with van der Waals surface area (Å²) in [5, 5.41) is 0.339. The lowest BCUT2D eigenvalue weighted by molar-refractivity contribution is 0.0335. The second-order valence-electron chi connectivity index (χ2n) is 2.69. The summed E-state index contributed by atoms with van der Waals surface area (Å²) in [5.74, 6) is -0.479. The van der Waals surface area contributed by atoms with Gasteiger partial charge in [-0.2, -0.15) is 0 Å². The van der Waals surface area contributed by atoms with Gasteiger partial charge in [0.1, 0.15) is 6.61 Å². The number of esters is 1. The van der Waals surface area contributed by atoms with E-state index in [9.17, 15) is 4.79 Å². The number of carbonyl (C=O) groups is 1. The average molecular weight is 230 g/mol. The van der Waals surface area contributed by atoms with Crippen LogP contribution in [0.1, 0.15) is 17.3 Å². The fourth-order valence-electron chi connectivity index (χ4n) is 0.943. The van der Waals surface area contributed by atoms with Crippen molar-refractivity contribution in [3.8, 4) is 0 Å². The van der Waals surface area contributed by atoms with Crippen molar-refractivity contribution in [1.82, 2.24) is 4.98 Å². The molecule has 0 bridgehead atoms. The monoisotopic (exact) mass is 229 g/mol. The van der Waals surface area contributed by atoms with E-state index in [-0.39, 0.29) is 12.2 Å². The van der Waals surface area contributed by atoms with Gasteiger partial charge >= 0.3 is 5.97 Å². The van der Waals surface area contributed by atoms with Crippen LogP contribution in [0.25, 0.3) is 0 Å². The molecular weight excluding hydrogens is 218 g/mol. The molecule has 0 atom stereocenters. The fourth-order valence-corrected chi connectivity index (χ4v) is 1.13. The third-order valence-electron chi connectivity index (χ3n) is 1.65. The van der Waals surface area contributed by atoms with Crippen LogP contribution in [0.5, 0.6) is 0 Å². The zero-order valence-electron chi connectivity index (χ0n) is 8.40. The number of hydrogen-bond donors (Lipinski definition) is 0. The third-order valence-corrected chi connectivity index (χ3v) is 1.98. The second-order valence-corrected chi connectivity index (χ2v) is 3.10. The first kappa shape index (κ1) is 11.9.